The van der Waals surface area contributed by atoms with Gasteiger partial charge in [-0.3, -0.25) is 0 Å². The average Bonchev–Trinajstić information content (AvgIpc) is 3.28. The predicted octanol–water partition coefficient (Wildman–Crippen LogP) is 3.96. The molecule has 1 saturated carbocycles. The Kier molecular flexibility index (Phi) is 3.32. The molecular weight excluding hydrogens is 262 g/mol. The quantitative estimate of drug-likeness (QED) is 0.926. The van der Waals surface area contributed by atoms with Gasteiger partial charge in [0.1, 0.15) is 17.4 Å². The van der Waals surface area contributed by atoms with Crippen molar-refractivity contribution in [3.8, 4) is 11.6 Å². The van der Waals surface area contributed by atoms with E-state index in [-0.39, 0.29) is 0 Å². The first-order valence-electron chi connectivity index (χ1n) is 7.36. The van der Waals surface area contributed by atoms with E-state index in [2.05, 4.69) is 35.9 Å². The van der Waals surface area contributed by atoms with Crippen molar-refractivity contribution >= 4 is 5.82 Å². The Morgan fingerprint density at radius 1 is 1.00 bits per heavy atom. The minimum absolute atomic E-state index is 0.454. The highest BCUT2D eigenvalue weighted by Crippen LogP contribution is 2.40. The van der Waals surface area contributed by atoms with E-state index in [9.17, 15) is 0 Å². The summed E-state index contributed by atoms with van der Waals surface area (Å²) in [5.74, 6) is 3.25. The number of rotatable bonds is 3. The van der Waals surface area contributed by atoms with Gasteiger partial charge in [-0.1, -0.05) is 12.1 Å². The van der Waals surface area contributed by atoms with E-state index in [1.54, 1.807) is 0 Å². The zero-order valence-electron chi connectivity index (χ0n) is 13.0. The number of nitrogens with two attached hydrogens (primary N) is 1. The molecule has 0 saturated heterocycles. The van der Waals surface area contributed by atoms with Crippen LogP contribution in [0.2, 0.25) is 0 Å². The number of hydrogen-bond donors (Lipinski definition) is 1. The fourth-order valence-electron chi connectivity index (χ4n) is 2.33. The van der Waals surface area contributed by atoms with Gasteiger partial charge in [0.2, 0.25) is 5.88 Å². The first-order valence-corrected chi connectivity index (χ1v) is 7.36. The summed E-state index contributed by atoms with van der Waals surface area (Å²) in [6.45, 7) is 8.10. The molecule has 0 radical (unpaired) electrons. The minimum Gasteiger partial charge on any atom is -0.438 e. The zero-order chi connectivity index (χ0) is 15.1. The van der Waals surface area contributed by atoms with Crippen molar-refractivity contribution in [3.63, 3.8) is 0 Å². The summed E-state index contributed by atoms with van der Waals surface area (Å²) in [6.07, 6.45) is 2.29. The van der Waals surface area contributed by atoms with Crippen LogP contribution in [0.1, 0.15) is 46.8 Å². The first kappa shape index (κ1) is 13.9. The fraction of sp³-hybridized carbons (Fsp3) is 0.412. The Bertz CT molecular complexity index is 706. The van der Waals surface area contributed by atoms with E-state index in [0.717, 1.165) is 41.1 Å². The molecule has 1 fully saturated rings. The van der Waals surface area contributed by atoms with Crippen molar-refractivity contribution in [2.24, 2.45) is 0 Å². The number of ether oxygens (including phenoxy) is 1. The Hall–Kier alpha value is -2.10. The third kappa shape index (κ3) is 2.58. The normalized spacial score (nSPS) is 14.3. The first-order chi connectivity index (χ1) is 9.97. The summed E-state index contributed by atoms with van der Waals surface area (Å²) in [6, 6.07) is 4.17. The van der Waals surface area contributed by atoms with E-state index in [0.29, 0.717) is 17.6 Å². The second-order valence-corrected chi connectivity index (χ2v) is 5.93. The Labute approximate surface area is 125 Å². The predicted molar refractivity (Wildman–Crippen MR) is 83.9 cm³/mol. The molecule has 1 aromatic carbocycles. The van der Waals surface area contributed by atoms with Crippen molar-refractivity contribution in [3.05, 3.63) is 40.2 Å². The Morgan fingerprint density at radius 3 is 2.33 bits per heavy atom. The summed E-state index contributed by atoms with van der Waals surface area (Å²) in [5, 5.41) is 0. The number of nitrogen functional groups attached to an aromatic ring is 1. The third-order valence-corrected chi connectivity index (χ3v) is 4.17. The molecule has 21 heavy (non-hydrogen) atoms. The SMILES string of the molecule is Cc1ccc(C)c(Oc2nc(C3CC3)nc(N)c2C)c1C. The molecule has 0 bridgehead atoms. The molecule has 0 atom stereocenters. The Morgan fingerprint density at radius 2 is 1.67 bits per heavy atom. The highest BCUT2D eigenvalue weighted by atomic mass is 16.5. The molecule has 0 spiro atoms. The van der Waals surface area contributed by atoms with Crippen LogP contribution in [0.5, 0.6) is 11.6 Å². The minimum atomic E-state index is 0.454. The topological polar surface area (TPSA) is 61.0 Å². The summed E-state index contributed by atoms with van der Waals surface area (Å²) in [4.78, 5) is 8.98. The fourth-order valence-corrected chi connectivity index (χ4v) is 2.33. The number of aromatic nitrogens is 2. The summed E-state index contributed by atoms with van der Waals surface area (Å²) < 4.78 is 6.12. The van der Waals surface area contributed by atoms with Crippen molar-refractivity contribution in [2.45, 2.75) is 46.5 Å². The molecule has 0 amide bonds. The van der Waals surface area contributed by atoms with Gasteiger partial charge in [-0.25, -0.2) is 4.98 Å². The summed E-state index contributed by atoms with van der Waals surface area (Å²) in [5.41, 5.74) is 10.3. The van der Waals surface area contributed by atoms with E-state index in [4.69, 9.17) is 10.5 Å². The highest BCUT2D eigenvalue weighted by Gasteiger charge is 2.28. The second kappa shape index (κ2) is 5.02. The van der Waals surface area contributed by atoms with E-state index in [1.165, 1.54) is 5.56 Å². The summed E-state index contributed by atoms with van der Waals surface area (Å²) in [7, 11) is 0. The largest absolute Gasteiger partial charge is 0.438 e. The van der Waals surface area contributed by atoms with Crippen LogP contribution in [0.25, 0.3) is 0 Å². The molecule has 0 aliphatic heterocycles. The van der Waals surface area contributed by atoms with Crippen molar-refractivity contribution in [1.29, 1.82) is 0 Å². The van der Waals surface area contributed by atoms with Crippen LogP contribution in [0.15, 0.2) is 12.1 Å². The van der Waals surface area contributed by atoms with E-state index < -0.39 is 0 Å². The van der Waals surface area contributed by atoms with Gasteiger partial charge in [0, 0.05) is 5.92 Å². The highest BCUT2D eigenvalue weighted by molar-refractivity contribution is 5.50. The van der Waals surface area contributed by atoms with E-state index in [1.807, 2.05) is 13.8 Å². The van der Waals surface area contributed by atoms with Gasteiger partial charge in [-0.15, -0.1) is 0 Å². The molecule has 2 N–H and O–H groups in total. The standard InChI is InChI=1S/C17H21N3O/c1-9-5-6-10(2)14(11(9)3)21-17-12(4)15(18)19-16(20-17)13-7-8-13/h5-6,13H,7-8H2,1-4H3,(H2,18,19,20). The van der Waals surface area contributed by atoms with Gasteiger partial charge in [0.15, 0.2) is 0 Å². The van der Waals surface area contributed by atoms with Gasteiger partial charge in [0.25, 0.3) is 0 Å². The molecule has 110 valence electrons. The maximum atomic E-state index is 6.12. The molecule has 1 heterocycles. The van der Waals surface area contributed by atoms with E-state index >= 15 is 0 Å². The number of nitrogens with zero attached hydrogens (tertiary/aromatic N) is 2. The van der Waals surface area contributed by atoms with Gasteiger partial charge in [0.05, 0.1) is 5.56 Å². The summed E-state index contributed by atoms with van der Waals surface area (Å²) >= 11 is 0. The molecular formula is C17H21N3O. The lowest BCUT2D eigenvalue weighted by molar-refractivity contribution is 0.448. The van der Waals surface area contributed by atoms with Crippen molar-refractivity contribution < 1.29 is 4.74 Å². The number of hydrogen-bond acceptors (Lipinski definition) is 4. The third-order valence-electron chi connectivity index (χ3n) is 4.17. The molecule has 1 aliphatic carbocycles. The van der Waals surface area contributed by atoms with Gasteiger partial charge in [-0.2, -0.15) is 4.98 Å². The number of benzene rings is 1. The lowest BCUT2D eigenvalue weighted by Crippen LogP contribution is -2.05. The second-order valence-electron chi connectivity index (χ2n) is 5.93. The van der Waals surface area contributed by atoms with Gasteiger partial charge >= 0.3 is 0 Å². The smallest absolute Gasteiger partial charge is 0.227 e. The average molecular weight is 283 g/mol. The number of anilines is 1. The van der Waals surface area contributed by atoms with Crippen LogP contribution in [0.3, 0.4) is 0 Å². The van der Waals surface area contributed by atoms with Crippen LogP contribution in [0.4, 0.5) is 5.82 Å². The van der Waals surface area contributed by atoms with Crippen molar-refractivity contribution in [1.82, 2.24) is 9.97 Å². The van der Waals surface area contributed by atoms with Crippen LogP contribution < -0.4 is 10.5 Å². The maximum Gasteiger partial charge on any atom is 0.227 e. The van der Waals surface area contributed by atoms with Crippen LogP contribution >= 0.6 is 0 Å². The van der Waals surface area contributed by atoms with Gasteiger partial charge in [-0.05, 0) is 57.2 Å². The van der Waals surface area contributed by atoms with Crippen LogP contribution in [0, 0.1) is 27.7 Å². The molecule has 1 aromatic heterocycles. The molecule has 4 nitrogen and oxygen atoms in total. The molecule has 2 aromatic rings. The zero-order valence-corrected chi connectivity index (χ0v) is 13.0. The van der Waals surface area contributed by atoms with Gasteiger partial charge < -0.3 is 10.5 Å². The van der Waals surface area contributed by atoms with Crippen molar-refractivity contribution in [2.75, 3.05) is 5.73 Å². The molecule has 3 rings (SSSR count). The molecule has 1 aliphatic rings. The maximum absolute atomic E-state index is 6.12. The van der Waals surface area contributed by atoms with Crippen LogP contribution in [-0.4, -0.2) is 9.97 Å². The lowest BCUT2D eigenvalue weighted by atomic mass is 10.1. The molecule has 0 unspecified atom stereocenters. The lowest BCUT2D eigenvalue weighted by Gasteiger charge is -2.15. The monoisotopic (exact) mass is 283 g/mol. The number of aryl methyl sites for hydroxylation is 2. The molecule has 4 heteroatoms. The van der Waals surface area contributed by atoms with Crippen LogP contribution in [-0.2, 0) is 0 Å². The Balaban J connectivity index is 2.04.